The highest BCUT2D eigenvalue weighted by atomic mass is 35.5. The van der Waals surface area contributed by atoms with Crippen molar-refractivity contribution in [3.05, 3.63) is 52.5 Å². The van der Waals surface area contributed by atoms with Gasteiger partial charge >= 0.3 is 0 Å². The number of aryl methyl sites for hydroxylation is 2. The van der Waals surface area contributed by atoms with Crippen molar-refractivity contribution in [1.29, 1.82) is 0 Å². The molecule has 3 aromatic rings. The number of amides is 1. The molecule has 0 aliphatic heterocycles. The van der Waals surface area contributed by atoms with Gasteiger partial charge in [-0.1, -0.05) is 11.6 Å². The molecule has 152 valence electrons. The molecule has 0 aliphatic carbocycles. The summed E-state index contributed by atoms with van der Waals surface area (Å²) in [6, 6.07) is 10.9. The summed E-state index contributed by atoms with van der Waals surface area (Å²) in [6.45, 7) is 7.92. The molecule has 8 heteroatoms. The summed E-state index contributed by atoms with van der Waals surface area (Å²) in [6.07, 6.45) is -0.764. The predicted octanol–water partition coefficient (Wildman–Crippen LogP) is 4.81. The van der Waals surface area contributed by atoms with Crippen LogP contribution < -0.4 is 14.8 Å². The molecule has 3 rings (SSSR count). The van der Waals surface area contributed by atoms with E-state index in [1.54, 1.807) is 19.1 Å². The first-order valence-electron chi connectivity index (χ1n) is 9.19. The third-order valence-corrected chi connectivity index (χ3v) is 4.86. The molecule has 0 saturated heterocycles. The molecule has 1 amide bonds. The lowest BCUT2D eigenvalue weighted by Crippen LogP contribution is -2.30. The molecule has 29 heavy (non-hydrogen) atoms. The zero-order valence-corrected chi connectivity index (χ0v) is 17.4. The number of hydrogen-bond donors (Lipinski definition) is 1. The van der Waals surface area contributed by atoms with Crippen LogP contribution in [0.25, 0.3) is 11.3 Å². The number of nitrogens with zero attached hydrogens (tertiary/aromatic N) is 2. The number of aromatic nitrogens is 2. The summed E-state index contributed by atoms with van der Waals surface area (Å²) in [4.78, 5) is 12.6. The molecule has 0 spiro atoms. The molecule has 1 N–H and O–H groups in total. The van der Waals surface area contributed by atoms with Crippen LogP contribution in [0.4, 0.5) is 5.82 Å². The molecule has 1 unspecified atom stereocenters. The van der Waals surface area contributed by atoms with Crippen molar-refractivity contribution in [3.8, 4) is 22.8 Å². The second kappa shape index (κ2) is 8.96. The minimum atomic E-state index is -0.764. The quantitative estimate of drug-likeness (QED) is 0.595. The fraction of sp³-hybridized carbons (Fsp3) is 0.286. The summed E-state index contributed by atoms with van der Waals surface area (Å²) in [7, 11) is 0. The van der Waals surface area contributed by atoms with Gasteiger partial charge in [0.15, 0.2) is 11.8 Å². The number of rotatable bonds is 7. The number of benzene rings is 2. The predicted molar refractivity (Wildman–Crippen MR) is 111 cm³/mol. The molecule has 0 radical (unpaired) electrons. The normalized spacial score (nSPS) is 11.8. The largest absolute Gasteiger partial charge is 0.494 e. The van der Waals surface area contributed by atoms with Crippen LogP contribution in [0.1, 0.15) is 25.0 Å². The Morgan fingerprint density at radius 2 is 1.79 bits per heavy atom. The van der Waals surface area contributed by atoms with Crippen LogP contribution in [0.15, 0.2) is 41.0 Å². The van der Waals surface area contributed by atoms with E-state index in [9.17, 15) is 4.79 Å². The topological polar surface area (TPSA) is 86.5 Å². The van der Waals surface area contributed by atoms with Gasteiger partial charge in [0.05, 0.1) is 6.61 Å². The maximum absolute atomic E-state index is 12.6. The molecule has 0 fully saturated rings. The molecular weight excluding hydrogens is 394 g/mol. The Labute approximate surface area is 173 Å². The van der Waals surface area contributed by atoms with Crippen molar-refractivity contribution in [3.63, 3.8) is 0 Å². The first kappa shape index (κ1) is 20.7. The molecule has 1 aromatic heterocycles. The summed E-state index contributed by atoms with van der Waals surface area (Å²) < 4.78 is 16.0. The van der Waals surface area contributed by atoms with Gasteiger partial charge in [0.1, 0.15) is 11.5 Å². The van der Waals surface area contributed by atoms with Gasteiger partial charge in [-0.3, -0.25) is 4.79 Å². The van der Waals surface area contributed by atoms with Crippen molar-refractivity contribution in [2.45, 2.75) is 33.8 Å². The molecule has 1 heterocycles. The Morgan fingerprint density at radius 1 is 1.14 bits per heavy atom. The van der Waals surface area contributed by atoms with E-state index < -0.39 is 6.10 Å². The minimum absolute atomic E-state index is 0.220. The molecule has 2 aromatic carbocycles. The zero-order valence-electron chi connectivity index (χ0n) is 16.7. The zero-order chi connectivity index (χ0) is 21.0. The van der Waals surface area contributed by atoms with Gasteiger partial charge in [-0.15, -0.1) is 0 Å². The number of anilines is 1. The number of ether oxygens (including phenoxy) is 2. The Balaban J connectivity index is 1.70. The number of carbonyl (C=O) groups is 1. The summed E-state index contributed by atoms with van der Waals surface area (Å²) >= 11 is 6.18. The van der Waals surface area contributed by atoms with Crippen molar-refractivity contribution in [1.82, 2.24) is 10.3 Å². The lowest BCUT2D eigenvalue weighted by atomic mass is 10.1. The fourth-order valence-corrected chi connectivity index (χ4v) is 2.89. The molecule has 0 saturated carbocycles. The highest BCUT2D eigenvalue weighted by Crippen LogP contribution is 2.28. The van der Waals surface area contributed by atoms with Crippen molar-refractivity contribution < 1.29 is 18.9 Å². The monoisotopic (exact) mass is 415 g/mol. The van der Waals surface area contributed by atoms with Crippen LogP contribution in [-0.2, 0) is 4.79 Å². The number of hydrogen-bond acceptors (Lipinski definition) is 6. The van der Waals surface area contributed by atoms with Crippen LogP contribution >= 0.6 is 11.6 Å². The number of halogens is 1. The highest BCUT2D eigenvalue weighted by Gasteiger charge is 2.21. The van der Waals surface area contributed by atoms with E-state index in [1.165, 1.54) is 0 Å². The molecular formula is C21H22ClN3O4. The minimum Gasteiger partial charge on any atom is -0.494 e. The lowest BCUT2D eigenvalue weighted by Gasteiger charge is -2.15. The van der Waals surface area contributed by atoms with Gasteiger partial charge in [0, 0.05) is 10.6 Å². The van der Waals surface area contributed by atoms with Crippen molar-refractivity contribution in [2.24, 2.45) is 0 Å². The van der Waals surface area contributed by atoms with Gasteiger partial charge in [0.2, 0.25) is 5.82 Å². The maximum Gasteiger partial charge on any atom is 0.266 e. The summed E-state index contributed by atoms with van der Waals surface area (Å²) in [5, 5.41) is 11.1. The van der Waals surface area contributed by atoms with Crippen LogP contribution in [-0.4, -0.2) is 28.9 Å². The van der Waals surface area contributed by atoms with Gasteiger partial charge in [-0.2, -0.15) is 0 Å². The Bertz CT molecular complexity index is 978. The van der Waals surface area contributed by atoms with Crippen molar-refractivity contribution in [2.75, 3.05) is 11.9 Å². The van der Waals surface area contributed by atoms with Crippen LogP contribution in [0.5, 0.6) is 11.5 Å². The van der Waals surface area contributed by atoms with E-state index in [2.05, 4.69) is 15.6 Å². The van der Waals surface area contributed by atoms with E-state index >= 15 is 0 Å². The number of carbonyl (C=O) groups excluding carboxylic acids is 1. The highest BCUT2D eigenvalue weighted by molar-refractivity contribution is 6.32. The lowest BCUT2D eigenvalue weighted by molar-refractivity contribution is -0.122. The Hall–Kier alpha value is -3.06. The van der Waals surface area contributed by atoms with E-state index in [0.717, 1.165) is 22.4 Å². The first-order valence-corrected chi connectivity index (χ1v) is 9.57. The van der Waals surface area contributed by atoms with Gasteiger partial charge in [0.25, 0.3) is 5.91 Å². The average Bonchev–Trinajstić information content (AvgIpc) is 3.15. The van der Waals surface area contributed by atoms with E-state index in [0.29, 0.717) is 23.1 Å². The Kier molecular flexibility index (Phi) is 6.39. The third kappa shape index (κ3) is 4.86. The van der Waals surface area contributed by atoms with Crippen LogP contribution in [0.3, 0.4) is 0 Å². The first-order chi connectivity index (χ1) is 13.9. The molecule has 1 atom stereocenters. The number of nitrogens with one attached hydrogen (secondary N) is 1. The summed E-state index contributed by atoms with van der Waals surface area (Å²) in [5.74, 6) is 1.15. The molecule has 0 aliphatic rings. The Morgan fingerprint density at radius 3 is 2.41 bits per heavy atom. The van der Waals surface area contributed by atoms with Gasteiger partial charge in [-0.05, 0) is 85.5 Å². The van der Waals surface area contributed by atoms with Crippen LogP contribution in [0.2, 0.25) is 5.02 Å². The fourth-order valence-electron chi connectivity index (χ4n) is 2.79. The van der Waals surface area contributed by atoms with Crippen molar-refractivity contribution >= 4 is 23.3 Å². The van der Waals surface area contributed by atoms with Gasteiger partial charge in [-0.25, -0.2) is 4.63 Å². The second-order valence-corrected chi connectivity index (χ2v) is 6.92. The maximum atomic E-state index is 12.6. The smallest absolute Gasteiger partial charge is 0.266 e. The van der Waals surface area contributed by atoms with E-state index in [4.69, 9.17) is 25.7 Å². The van der Waals surface area contributed by atoms with Gasteiger partial charge < -0.3 is 14.8 Å². The van der Waals surface area contributed by atoms with E-state index in [-0.39, 0.29) is 11.7 Å². The van der Waals surface area contributed by atoms with E-state index in [1.807, 2.05) is 45.0 Å². The summed E-state index contributed by atoms with van der Waals surface area (Å²) in [5.41, 5.74) is 2.93. The van der Waals surface area contributed by atoms with Crippen LogP contribution in [0, 0.1) is 13.8 Å². The molecule has 7 nitrogen and oxygen atoms in total. The third-order valence-electron chi connectivity index (χ3n) is 4.26. The standard InChI is InChI=1S/C21H22ClN3O4/c1-5-27-16-8-6-15(7-9-16)19-20(25-29-24-19)23-21(26)14(4)28-17-10-12(2)18(22)13(3)11-17/h6-11,14H,5H2,1-4H3,(H,23,25,26). The second-order valence-electron chi connectivity index (χ2n) is 6.54. The SMILES string of the molecule is CCOc1ccc(-c2nonc2NC(=O)C(C)Oc2cc(C)c(Cl)c(C)c2)cc1. The average molecular weight is 416 g/mol. The molecule has 0 bridgehead atoms.